The van der Waals surface area contributed by atoms with Gasteiger partial charge in [0.15, 0.2) is 5.13 Å². The molecule has 2 heterocycles. The van der Waals surface area contributed by atoms with Crippen molar-refractivity contribution in [2.24, 2.45) is 5.73 Å². The highest BCUT2D eigenvalue weighted by atomic mass is 35.5. The van der Waals surface area contributed by atoms with Crippen LogP contribution < -0.4 is 11.1 Å². The molecule has 1 aliphatic heterocycles. The van der Waals surface area contributed by atoms with Crippen molar-refractivity contribution in [2.45, 2.75) is 44.6 Å². The van der Waals surface area contributed by atoms with E-state index in [4.69, 9.17) is 15.2 Å². The maximum Gasteiger partial charge on any atom is 0.350 e. The Morgan fingerprint density at radius 2 is 1.92 bits per heavy atom. The smallest absolute Gasteiger partial charge is 0.350 e. The third-order valence-corrected chi connectivity index (χ3v) is 4.72. The van der Waals surface area contributed by atoms with Crippen LogP contribution in [0.5, 0.6) is 0 Å². The van der Waals surface area contributed by atoms with Crippen LogP contribution in [0.2, 0.25) is 0 Å². The molecule has 136 valence electrons. The minimum Gasteiger partial charge on any atom is -0.465 e. The molecule has 0 aromatic carbocycles. The quantitative estimate of drug-likeness (QED) is 0.782. The molecule has 2 rings (SSSR count). The number of anilines is 1. The second-order valence-corrected chi connectivity index (χ2v) is 7.66. The zero-order valence-corrected chi connectivity index (χ0v) is 15.9. The van der Waals surface area contributed by atoms with Crippen molar-refractivity contribution in [3.63, 3.8) is 0 Å². The van der Waals surface area contributed by atoms with Gasteiger partial charge in [0.1, 0.15) is 10.4 Å². The number of amides is 1. The van der Waals surface area contributed by atoms with Crippen LogP contribution in [-0.4, -0.2) is 42.7 Å². The summed E-state index contributed by atoms with van der Waals surface area (Å²) < 4.78 is 10.0. The number of rotatable bonds is 3. The minimum absolute atomic E-state index is 0. The van der Waals surface area contributed by atoms with Crippen molar-refractivity contribution in [1.29, 1.82) is 0 Å². The second-order valence-electron chi connectivity index (χ2n) is 6.66. The molecule has 0 atom stereocenters. The molecule has 0 aliphatic carbocycles. The van der Waals surface area contributed by atoms with Crippen LogP contribution in [0.1, 0.15) is 49.0 Å². The molecule has 1 aromatic rings. The Balaban J connectivity index is 0.00000288. The van der Waals surface area contributed by atoms with Crippen LogP contribution >= 0.6 is 23.7 Å². The zero-order chi connectivity index (χ0) is 17.3. The minimum atomic E-state index is -0.961. The standard InChI is InChI=1S/C15H23N3O4S.ClH/c1-14(2,3)10-9(11(19)21-4)23-13(17-10)18-12(20)15(16)5-7-22-8-6-15;/h5-8,16H2,1-4H3,(H,17,18,20);1H. The third-order valence-electron chi connectivity index (χ3n) is 3.77. The van der Waals surface area contributed by atoms with Crippen LogP contribution in [0.4, 0.5) is 5.13 Å². The highest BCUT2D eigenvalue weighted by Crippen LogP contribution is 2.33. The number of esters is 1. The van der Waals surface area contributed by atoms with Gasteiger partial charge in [-0.2, -0.15) is 0 Å². The summed E-state index contributed by atoms with van der Waals surface area (Å²) in [5.74, 6) is -0.757. The Labute approximate surface area is 151 Å². The molecule has 7 nitrogen and oxygen atoms in total. The van der Waals surface area contributed by atoms with Crippen LogP contribution in [-0.2, 0) is 19.7 Å². The molecule has 0 bridgehead atoms. The second kappa shape index (κ2) is 7.77. The number of nitrogens with zero attached hydrogens (tertiary/aromatic N) is 1. The fourth-order valence-corrected chi connectivity index (χ4v) is 3.39. The third kappa shape index (κ3) is 4.44. The molecular formula is C15H24ClN3O4S. The molecule has 1 amide bonds. The monoisotopic (exact) mass is 377 g/mol. The van der Waals surface area contributed by atoms with E-state index in [1.807, 2.05) is 20.8 Å². The Morgan fingerprint density at radius 1 is 1.33 bits per heavy atom. The largest absolute Gasteiger partial charge is 0.465 e. The molecule has 0 unspecified atom stereocenters. The topological polar surface area (TPSA) is 104 Å². The van der Waals surface area contributed by atoms with Gasteiger partial charge in [0.05, 0.1) is 12.8 Å². The van der Waals surface area contributed by atoms with Gasteiger partial charge < -0.3 is 20.5 Å². The molecule has 9 heteroatoms. The molecule has 1 aliphatic rings. The molecule has 0 radical (unpaired) electrons. The van der Waals surface area contributed by atoms with Crippen molar-refractivity contribution < 1.29 is 19.1 Å². The lowest BCUT2D eigenvalue weighted by Gasteiger charge is -2.31. The molecule has 24 heavy (non-hydrogen) atoms. The van der Waals surface area contributed by atoms with E-state index in [1.54, 1.807) is 0 Å². The van der Waals surface area contributed by atoms with E-state index in [0.717, 1.165) is 11.3 Å². The SMILES string of the molecule is COC(=O)c1sc(NC(=O)C2(N)CCOCC2)nc1C(C)(C)C.Cl. The first kappa shape index (κ1) is 20.8. The van der Waals surface area contributed by atoms with Crippen molar-refractivity contribution in [1.82, 2.24) is 4.98 Å². The number of methoxy groups -OCH3 is 1. The van der Waals surface area contributed by atoms with E-state index in [9.17, 15) is 9.59 Å². The highest BCUT2D eigenvalue weighted by Gasteiger charge is 2.37. The number of nitrogens with one attached hydrogen (secondary N) is 1. The summed E-state index contributed by atoms with van der Waals surface area (Å²) in [6.07, 6.45) is 0.917. The van der Waals surface area contributed by atoms with Crippen molar-refractivity contribution in [3.05, 3.63) is 10.6 Å². The molecule has 0 spiro atoms. The van der Waals surface area contributed by atoms with E-state index < -0.39 is 11.5 Å². The maximum absolute atomic E-state index is 12.5. The van der Waals surface area contributed by atoms with Gasteiger partial charge in [0.2, 0.25) is 5.91 Å². The van der Waals surface area contributed by atoms with Crippen LogP contribution in [0.3, 0.4) is 0 Å². The Hall–Kier alpha value is -1.22. The molecule has 0 saturated carbocycles. The van der Waals surface area contributed by atoms with E-state index in [0.29, 0.717) is 41.8 Å². The Morgan fingerprint density at radius 3 is 2.42 bits per heavy atom. The summed E-state index contributed by atoms with van der Waals surface area (Å²) in [5, 5.41) is 3.10. The normalized spacial score (nSPS) is 16.9. The van der Waals surface area contributed by atoms with Gasteiger partial charge in [-0.3, -0.25) is 4.79 Å². The number of thiazole rings is 1. The number of ether oxygens (including phenoxy) is 2. The number of aromatic nitrogens is 1. The molecular weight excluding hydrogens is 354 g/mol. The highest BCUT2D eigenvalue weighted by molar-refractivity contribution is 7.17. The Bertz CT molecular complexity index is 606. The molecule has 1 saturated heterocycles. The number of hydrogen-bond acceptors (Lipinski definition) is 7. The van der Waals surface area contributed by atoms with E-state index >= 15 is 0 Å². The number of carbonyl (C=O) groups excluding carboxylic acids is 2. The average Bonchev–Trinajstić information content (AvgIpc) is 2.91. The maximum atomic E-state index is 12.5. The summed E-state index contributed by atoms with van der Waals surface area (Å²) in [6, 6.07) is 0. The predicted octanol–water partition coefficient (Wildman–Crippen LogP) is 2.10. The van der Waals surface area contributed by atoms with Crippen molar-refractivity contribution in [3.8, 4) is 0 Å². The van der Waals surface area contributed by atoms with Gasteiger partial charge >= 0.3 is 5.97 Å². The molecule has 3 N–H and O–H groups in total. The summed E-state index contributed by atoms with van der Waals surface area (Å²) >= 11 is 1.11. The first-order valence-electron chi connectivity index (χ1n) is 7.45. The van der Waals surface area contributed by atoms with Crippen molar-refractivity contribution >= 4 is 40.8 Å². The average molecular weight is 378 g/mol. The van der Waals surface area contributed by atoms with E-state index in [-0.39, 0.29) is 23.7 Å². The predicted molar refractivity (Wildman–Crippen MR) is 95.0 cm³/mol. The Kier molecular flexibility index (Phi) is 6.75. The number of nitrogens with two attached hydrogens (primary N) is 1. The van der Waals surface area contributed by atoms with Gasteiger partial charge in [-0.15, -0.1) is 12.4 Å². The van der Waals surface area contributed by atoms with Crippen LogP contribution in [0.15, 0.2) is 0 Å². The summed E-state index contributed by atoms with van der Waals surface area (Å²) in [7, 11) is 1.32. The van der Waals surface area contributed by atoms with Gasteiger partial charge in [-0.05, 0) is 12.8 Å². The lowest BCUT2D eigenvalue weighted by atomic mass is 9.90. The summed E-state index contributed by atoms with van der Waals surface area (Å²) in [6.45, 7) is 6.76. The first-order valence-corrected chi connectivity index (χ1v) is 8.27. The van der Waals surface area contributed by atoms with Gasteiger partial charge in [-0.1, -0.05) is 32.1 Å². The van der Waals surface area contributed by atoms with Crippen LogP contribution in [0, 0.1) is 0 Å². The summed E-state index contributed by atoms with van der Waals surface area (Å²) in [5.41, 5.74) is 5.45. The lowest BCUT2D eigenvalue weighted by Crippen LogP contribution is -2.54. The number of halogens is 1. The summed E-state index contributed by atoms with van der Waals surface area (Å²) in [4.78, 5) is 29.2. The van der Waals surface area contributed by atoms with Gasteiger partial charge in [-0.25, -0.2) is 9.78 Å². The fraction of sp³-hybridized carbons (Fsp3) is 0.667. The zero-order valence-electron chi connectivity index (χ0n) is 14.3. The number of hydrogen-bond donors (Lipinski definition) is 2. The lowest BCUT2D eigenvalue weighted by molar-refractivity contribution is -0.124. The van der Waals surface area contributed by atoms with Crippen LogP contribution in [0.25, 0.3) is 0 Å². The number of carbonyl (C=O) groups is 2. The van der Waals surface area contributed by atoms with Gasteiger partial charge in [0, 0.05) is 18.6 Å². The van der Waals surface area contributed by atoms with Gasteiger partial charge in [0.25, 0.3) is 0 Å². The molecule has 1 fully saturated rings. The fourth-order valence-electron chi connectivity index (χ4n) is 2.30. The molecule has 1 aromatic heterocycles. The van der Waals surface area contributed by atoms with E-state index in [2.05, 4.69) is 10.3 Å². The van der Waals surface area contributed by atoms with Crippen molar-refractivity contribution in [2.75, 3.05) is 25.6 Å². The van der Waals surface area contributed by atoms with E-state index in [1.165, 1.54) is 7.11 Å². The first-order chi connectivity index (χ1) is 10.7.